The van der Waals surface area contributed by atoms with E-state index in [1.54, 1.807) is 20.2 Å². The number of amides is 1. The summed E-state index contributed by atoms with van der Waals surface area (Å²) in [6, 6.07) is 0.465. The van der Waals surface area contributed by atoms with Gasteiger partial charge in [-0.15, -0.1) is 0 Å². The first-order chi connectivity index (χ1) is 20.2. The number of aromatic hydroxyl groups is 1. The molecule has 2 unspecified atom stereocenters. The maximum atomic E-state index is 14.1. The van der Waals surface area contributed by atoms with Crippen LogP contribution in [-0.4, -0.2) is 102 Å². The molecule has 0 aromatic heterocycles. The average molecular weight is 597 g/mol. The third kappa shape index (κ3) is 4.99. The number of likely N-dealkylation sites (N-methyl/N-ethyl adjacent to an activating group) is 1. The molecule has 4 N–H and O–H groups in total. The molecule has 234 valence electrons. The molecular weight excluding hydrogens is 552 g/mol. The molecule has 0 bridgehead atoms. The molecule has 11 nitrogen and oxygen atoms in total. The zero-order valence-electron chi connectivity index (χ0n) is 25.8. The van der Waals surface area contributed by atoms with Gasteiger partial charge in [0.15, 0.2) is 34.7 Å². The predicted molar refractivity (Wildman–Crippen MR) is 159 cm³/mol. The molecule has 0 aliphatic heterocycles. The van der Waals surface area contributed by atoms with E-state index in [2.05, 4.69) is 11.9 Å². The Morgan fingerprint density at radius 3 is 2.26 bits per heavy atom. The fourth-order valence-electron chi connectivity index (χ4n) is 8.57. The van der Waals surface area contributed by atoms with Crippen molar-refractivity contribution < 1.29 is 34.2 Å². The number of carbonyl (C=O) groups excluding carboxylic acids is 5. The summed E-state index contributed by atoms with van der Waals surface area (Å²) in [5.74, 6) is -9.69. The monoisotopic (exact) mass is 596 g/mol. The molecule has 0 heterocycles. The molecule has 4 aliphatic rings. The average Bonchev–Trinajstić information content (AvgIpc) is 2.90. The number of carbonyl (C=O) groups is 5. The summed E-state index contributed by atoms with van der Waals surface area (Å²) in [4.78, 5) is 72.7. The molecule has 6 atom stereocenters. The van der Waals surface area contributed by atoms with E-state index in [1.165, 1.54) is 37.0 Å². The molecule has 4 aliphatic carbocycles. The number of primary amides is 1. The Bertz CT molecular complexity index is 1370. The molecule has 5 rings (SSSR count). The van der Waals surface area contributed by atoms with Crippen molar-refractivity contribution in [2.75, 3.05) is 46.7 Å². The summed E-state index contributed by atoms with van der Waals surface area (Å²) < 4.78 is 0. The van der Waals surface area contributed by atoms with Crippen LogP contribution in [0.15, 0.2) is 6.07 Å². The standard InChI is InChI=1S/C32H44N4O7/c1-34(2)25-18(15-36(5)14-16-9-7-6-8-10-16)13-21(37)23-19(25)11-17-12-20-26(35(3)4)28(39)24(31(33)42)30(41)32(20,43)29(40)22(17)27(23)38/h13,16-17,20,22,24,26,37,43H,6-12,14-15H2,1-5H3,(H2,33,42)/t17-,20-,22?,24?,26-,32-/m0/s1. The number of ketones is 4. The fourth-order valence-corrected chi connectivity index (χ4v) is 8.57. The van der Waals surface area contributed by atoms with Crippen LogP contribution in [0.5, 0.6) is 5.75 Å². The van der Waals surface area contributed by atoms with Crippen molar-refractivity contribution in [2.45, 2.75) is 63.1 Å². The van der Waals surface area contributed by atoms with E-state index in [1.807, 2.05) is 19.0 Å². The van der Waals surface area contributed by atoms with Gasteiger partial charge in [-0.05, 0) is 75.9 Å². The smallest absolute Gasteiger partial charge is 0.235 e. The van der Waals surface area contributed by atoms with Crippen LogP contribution in [0, 0.1) is 29.6 Å². The summed E-state index contributed by atoms with van der Waals surface area (Å²) in [5.41, 5.74) is 4.99. The van der Waals surface area contributed by atoms with Crippen molar-refractivity contribution in [3.63, 3.8) is 0 Å². The summed E-state index contributed by atoms with van der Waals surface area (Å²) in [6.07, 6.45) is 6.46. The minimum atomic E-state index is -2.72. The number of Topliss-reactive ketones (excluding diaryl/α,β-unsaturated/α-hetero) is 4. The highest BCUT2D eigenvalue weighted by molar-refractivity contribution is 6.32. The van der Waals surface area contributed by atoms with E-state index >= 15 is 0 Å². The van der Waals surface area contributed by atoms with Crippen molar-refractivity contribution in [2.24, 2.45) is 35.3 Å². The molecule has 0 radical (unpaired) electrons. The number of benzene rings is 1. The second-order valence-electron chi connectivity index (χ2n) is 13.6. The van der Waals surface area contributed by atoms with Crippen molar-refractivity contribution in [3.8, 4) is 5.75 Å². The maximum absolute atomic E-state index is 14.1. The lowest BCUT2D eigenvalue weighted by atomic mass is 9.52. The molecule has 43 heavy (non-hydrogen) atoms. The largest absolute Gasteiger partial charge is 0.507 e. The molecule has 11 heteroatoms. The Balaban J connectivity index is 1.55. The Hall–Kier alpha value is -3.15. The van der Waals surface area contributed by atoms with Crippen LogP contribution < -0.4 is 10.6 Å². The Morgan fingerprint density at radius 2 is 1.67 bits per heavy atom. The first kappa shape index (κ1) is 31.3. The van der Waals surface area contributed by atoms with Gasteiger partial charge in [-0.25, -0.2) is 0 Å². The number of aliphatic hydroxyl groups is 1. The minimum absolute atomic E-state index is 0.0222. The molecule has 0 spiro atoms. The van der Waals surface area contributed by atoms with Gasteiger partial charge in [-0.3, -0.25) is 28.9 Å². The van der Waals surface area contributed by atoms with Crippen molar-refractivity contribution in [1.29, 1.82) is 0 Å². The van der Waals surface area contributed by atoms with Crippen LogP contribution in [0.2, 0.25) is 0 Å². The van der Waals surface area contributed by atoms with Gasteiger partial charge in [-0.2, -0.15) is 0 Å². The number of nitrogens with two attached hydrogens (primary N) is 1. The normalized spacial score (nSPS) is 31.2. The van der Waals surface area contributed by atoms with Crippen LogP contribution >= 0.6 is 0 Å². The highest BCUT2D eigenvalue weighted by Gasteiger charge is 2.69. The van der Waals surface area contributed by atoms with Crippen LogP contribution in [0.1, 0.15) is 60.0 Å². The Labute approximate surface area is 252 Å². The summed E-state index contributed by atoms with van der Waals surface area (Å²) in [5, 5.41) is 23.0. The molecular formula is C32H44N4O7. The zero-order valence-corrected chi connectivity index (χ0v) is 25.8. The van der Waals surface area contributed by atoms with Crippen molar-refractivity contribution >= 4 is 34.7 Å². The SMILES string of the molecule is CN(Cc1cc(O)c2c(c1N(C)C)C[C@H]1C[C@H]3[C@H](N(C)C)C(=O)C(C(N)=O)C(=O)[C@@]3(O)C(=O)C1C2=O)CC1CCCCC1. The first-order valence-electron chi connectivity index (χ1n) is 15.3. The highest BCUT2D eigenvalue weighted by atomic mass is 16.3. The number of hydrogen-bond acceptors (Lipinski definition) is 10. The van der Waals surface area contributed by atoms with Gasteiger partial charge in [-0.1, -0.05) is 19.3 Å². The number of nitrogens with zero attached hydrogens (tertiary/aromatic N) is 3. The minimum Gasteiger partial charge on any atom is -0.507 e. The van der Waals surface area contributed by atoms with Gasteiger partial charge in [0.1, 0.15) is 5.75 Å². The quantitative estimate of drug-likeness (QED) is 0.387. The third-order valence-corrected chi connectivity index (χ3v) is 10.3. The molecule has 1 aromatic carbocycles. The Morgan fingerprint density at radius 1 is 1.02 bits per heavy atom. The number of phenolic OH excluding ortho intramolecular Hbond substituents is 1. The first-order valence-corrected chi connectivity index (χ1v) is 15.3. The number of fused-ring (bicyclic) bond motifs is 3. The lowest BCUT2D eigenvalue weighted by Crippen LogP contribution is -2.74. The third-order valence-electron chi connectivity index (χ3n) is 10.3. The lowest BCUT2D eigenvalue weighted by molar-refractivity contribution is -0.181. The topological polar surface area (TPSA) is 162 Å². The second kappa shape index (κ2) is 11.4. The van der Waals surface area contributed by atoms with Crippen LogP contribution in [-0.2, 0) is 32.1 Å². The number of rotatable bonds is 7. The van der Waals surface area contributed by atoms with Crippen LogP contribution in [0.25, 0.3) is 0 Å². The summed E-state index contributed by atoms with van der Waals surface area (Å²) in [7, 11) is 8.97. The van der Waals surface area contributed by atoms with Gasteiger partial charge in [0.2, 0.25) is 5.91 Å². The number of anilines is 1. The highest BCUT2D eigenvalue weighted by Crippen LogP contribution is 2.52. The fraction of sp³-hybridized carbons (Fsp3) is 0.656. The summed E-state index contributed by atoms with van der Waals surface area (Å²) in [6.45, 7) is 1.50. The van der Waals surface area contributed by atoms with Gasteiger partial charge in [0.05, 0.1) is 17.5 Å². The second-order valence-corrected chi connectivity index (χ2v) is 13.6. The molecule has 0 saturated heterocycles. The predicted octanol–water partition coefficient (Wildman–Crippen LogP) is 0.945. The lowest BCUT2D eigenvalue weighted by Gasteiger charge is -2.52. The van der Waals surface area contributed by atoms with E-state index < -0.39 is 64.4 Å². The van der Waals surface area contributed by atoms with E-state index in [-0.39, 0.29) is 24.2 Å². The van der Waals surface area contributed by atoms with E-state index in [0.717, 1.165) is 17.8 Å². The molecule has 1 aromatic rings. The Kier molecular flexibility index (Phi) is 8.30. The van der Waals surface area contributed by atoms with E-state index in [4.69, 9.17) is 5.73 Å². The zero-order chi connectivity index (χ0) is 31.5. The summed E-state index contributed by atoms with van der Waals surface area (Å²) >= 11 is 0. The van der Waals surface area contributed by atoms with Crippen molar-refractivity contribution in [3.05, 3.63) is 22.8 Å². The van der Waals surface area contributed by atoms with Crippen LogP contribution in [0.3, 0.4) is 0 Å². The molecule has 3 saturated carbocycles. The maximum Gasteiger partial charge on any atom is 0.235 e. The van der Waals surface area contributed by atoms with Gasteiger partial charge >= 0.3 is 0 Å². The van der Waals surface area contributed by atoms with Gasteiger partial charge in [0.25, 0.3) is 0 Å². The van der Waals surface area contributed by atoms with Crippen LogP contribution in [0.4, 0.5) is 5.69 Å². The van der Waals surface area contributed by atoms with E-state index in [9.17, 15) is 34.2 Å². The number of phenols is 1. The van der Waals surface area contributed by atoms with Gasteiger partial charge in [0, 0.05) is 38.8 Å². The molecule has 3 fully saturated rings. The van der Waals surface area contributed by atoms with E-state index in [0.29, 0.717) is 18.0 Å². The number of hydrogen-bond donors (Lipinski definition) is 3. The van der Waals surface area contributed by atoms with Gasteiger partial charge < -0.3 is 25.7 Å². The molecule has 1 amide bonds. The van der Waals surface area contributed by atoms with Crippen molar-refractivity contribution in [1.82, 2.24) is 9.80 Å².